The van der Waals surface area contributed by atoms with Gasteiger partial charge in [0.1, 0.15) is 0 Å². The molecule has 0 bridgehead atoms. The van der Waals surface area contributed by atoms with Crippen LogP contribution in [0.1, 0.15) is 11.1 Å². The summed E-state index contributed by atoms with van der Waals surface area (Å²) in [5.74, 6) is 0. The van der Waals surface area contributed by atoms with Crippen molar-refractivity contribution in [1.29, 1.82) is 0 Å². The maximum absolute atomic E-state index is 3.77. The number of benzene rings is 5. The van der Waals surface area contributed by atoms with E-state index in [1.54, 1.807) is 0 Å². The summed E-state index contributed by atoms with van der Waals surface area (Å²) in [5, 5.41) is 5.57. The molecule has 0 amide bonds. The van der Waals surface area contributed by atoms with Gasteiger partial charge in [-0.3, -0.25) is 0 Å². The Labute approximate surface area is 203 Å². The second kappa shape index (κ2) is 8.34. The molecular formula is C31H22BrP. The lowest BCUT2D eigenvalue weighted by molar-refractivity contribution is 1.62. The summed E-state index contributed by atoms with van der Waals surface area (Å²) < 4.78 is 1.11. The SMILES string of the molecule is Brc1ccc2c(c1)C(=P(c1ccccc1)(c1ccccc1)c1ccccc1)c1ccccc1-2. The zero-order valence-electron chi connectivity index (χ0n) is 18.0. The predicted octanol–water partition coefficient (Wildman–Crippen LogP) is 6.99. The molecule has 0 aliphatic heterocycles. The van der Waals surface area contributed by atoms with Gasteiger partial charge in [0.15, 0.2) is 0 Å². The third kappa shape index (κ3) is 3.19. The molecule has 5 aromatic carbocycles. The van der Waals surface area contributed by atoms with Crippen LogP contribution in [0.5, 0.6) is 0 Å². The van der Waals surface area contributed by atoms with E-state index in [4.69, 9.17) is 0 Å². The molecule has 0 unspecified atom stereocenters. The molecule has 0 saturated carbocycles. The zero-order chi connectivity index (χ0) is 22.3. The highest BCUT2D eigenvalue weighted by atomic mass is 79.9. The molecule has 0 N–H and O–H groups in total. The molecule has 6 rings (SSSR count). The number of fused-ring (bicyclic) bond motifs is 3. The standard InChI is InChI=1S/C31H22BrP/c32-23-20-21-28-27-18-10-11-19-29(27)31(30(28)22-23)33(24-12-4-1-5-13-24,25-14-6-2-7-15-25)26-16-8-3-9-17-26/h1-22H. The van der Waals surface area contributed by atoms with Gasteiger partial charge in [-0.15, -0.1) is 0 Å². The van der Waals surface area contributed by atoms with Crippen LogP contribution in [0, 0.1) is 0 Å². The van der Waals surface area contributed by atoms with E-state index in [1.165, 1.54) is 43.5 Å². The van der Waals surface area contributed by atoms with Crippen molar-refractivity contribution in [2.75, 3.05) is 0 Å². The van der Waals surface area contributed by atoms with Crippen LogP contribution in [0.15, 0.2) is 138 Å². The third-order valence-corrected chi connectivity index (χ3v) is 11.3. The van der Waals surface area contributed by atoms with Gasteiger partial charge in [-0.1, -0.05) is 137 Å². The highest BCUT2D eigenvalue weighted by molar-refractivity contribution is 9.10. The topological polar surface area (TPSA) is 0 Å². The molecule has 0 aromatic heterocycles. The van der Waals surface area contributed by atoms with E-state index < -0.39 is 6.89 Å². The maximum atomic E-state index is 3.77. The Kier molecular flexibility index (Phi) is 5.18. The summed E-state index contributed by atoms with van der Waals surface area (Å²) in [4.78, 5) is 0. The van der Waals surface area contributed by atoms with Gasteiger partial charge in [0.25, 0.3) is 0 Å². The van der Waals surface area contributed by atoms with Crippen molar-refractivity contribution >= 4 is 44.0 Å². The first-order valence-electron chi connectivity index (χ1n) is 11.1. The molecule has 1 aliphatic carbocycles. The lowest BCUT2D eigenvalue weighted by Gasteiger charge is -2.32. The largest absolute Gasteiger partial charge is 0.0622 e. The van der Waals surface area contributed by atoms with E-state index in [-0.39, 0.29) is 0 Å². The van der Waals surface area contributed by atoms with E-state index in [2.05, 4.69) is 149 Å². The van der Waals surface area contributed by atoms with Crippen molar-refractivity contribution in [3.63, 3.8) is 0 Å². The monoisotopic (exact) mass is 504 g/mol. The molecule has 1 aliphatic rings. The minimum absolute atomic E-state index is 1.11. The van der Waals surface area contributed by atoms with Gasteiger partial charge >= 0.3 is 0 Å². The fraction of sp³-hybridized carbons (Fsp3) is 0. The molecule has 158 valence electrons. The van der Waals surface area contributed by atoms with E-state index in [1.807, 2.05) is 0 Å². The molecule has 0 heterocycles. The molecule has 2 heteroatoms. The van der Waals surface area contributed by atoms with Gasteiger partial charge in [0.2, 0.25) is 0 Å². The molecule has 0 radical (unpaired) electrons. The van der Waals surface area contributed by atoms with E-state index >= 15 is 0 Å². The first-order chi connectivity index (χ1) is 16.3. The quantitative estimate of drug-likeness (QED) is 0.228. The minimum atomic E-state index is -2.19. The van der Waals surface area contributed by atoms with Gasteiger partial charge < -0.3 is 0 Å². The average molecular weight is 505 g/mol. The number of hydrogen-bond acceptors (Lipinski definition) is 0. The van der Waals surface area contributed by atoms with E-state index in [0.717, 1.165) is 4.47 Å². The van der Waals surface area contributed by atoms with Crippen molar-refractivity contribution in [2.45, 2.75) is 0 Å². The summed E-state index contributed by atoms with van der Waals surface area (Å²) in [6.45, 7) is -2.19. The first-order valence-corrected chi connectivity index (χ1v) is 13.7. The van der Waals surface area contributed by atoms with Crippen molar-refractivity contribution in [3.8, 4) is 11.1 Å². The van der Waals surface area contributed by atoms with Crippen molar-refractivity contribution < 1.29 is 0 Å². The molecule has 0 nitrogen and oxygen atoms in total. The molecule has 33 heavy (non-hydrogen) atoms. The zero-order valence-corrected chi connectivity index (χ0v) is 20.5. The molecule has 0 spiro atoms. The summed E-state index contributed by atoms with van der Waals surface area (Å²) in [6.07, 6.45) is 0. The Morgan fingerprint density at radius 1 is 0.394 bits per heavy atom. The Hall–Kier alpha value is -3.12. The molecule has 0 atom stereocenters. The average Bonchev–Trinajstić information content (AvgIpc) is 3.20. The second-order valence-electron chi connectivity index (χ2n) is 8.26. The van der Waals surface area contributed by atoms with Crippen LogP contribution in [0.3, 0.4) is 0 Å². The highest BCUT2D eigenvalue weighted by Crippen LogP contribution is 2.54. The van der Waals surface area contributed by atoms with Gasteiger partial charge in [-0.2, -0.15) is 0 Å². The lowest BCUT2D eigenvalue weighted by Crippen LogP contribution is -2.30. The van der Waals surface area contributed by atoms with Crippen LogP contribution in [0.25, 0.3) is 11.1 Å². The molecule has 0 saturated heterocycles. The third-order valence-electron chi connectivity index (χ3n) is 6.47. The number of halogens is 1. The highest BCUT2D eigenvalue weighted by Gasteiger charge is 2.36. The molecule has 5 aromatic rings. The fourth-order valence-corrected chi connectivity index (χ4v) is 10.2. The molecule has 0 fully saturated rings. The number of rotatable bonds is 3. The van der Waals surface area contributed by atoms with Crippen LogP contribution < -0.4 is 15.9 Å². The van der Waals surface area contributed by atoms with Gasteiger partial charge in [-0.05, 0) is 57.2 Å². The number of hydrogen-bond donors (Lipinski definition) is 0. The van der Waals surface area contributed by atoms with E-state index in [0.29, 0.717) is 0 Å². The van der Waals surface area contributed by atoms with Crippen LogP contribution in [0.4, 0.5) is 0 Å². The van der Waals surface area contributed by atoms with Crippen LogP contribution in [-0.4, -0.2) is 5.29 Å². The van der Waals surface area contributed by atoms with Crippen LogP contribution >= 0.6 is 22.8 Å². The smallest absolute Gasteiger partial charge is 0.0181 e. The Morgan fingerprint density at radius 3 is 1.33 bits per heavy atom. The molecular weight excluding hydrogens is 483 g/mol. The van der Waals surface area contributed by atoms with Gasteiger partial charge in [0, 0.05) is 9.77 Å². The van der Waals surface area contributed by atoms with Gasteiger partial charge in [-0.25, -0.2) is 0 Å². The summed E-state index contributed by atoms with van der Waals surface area (Å²) in [6, 6.07) is 49.0. The minimum Gasteiger partial charge on any atom is -0.0622 e. The van der Waals surface area contributed by atoms with Crippen molar-refractivity contribution in [2.24, 2.45) is 0 Å². The first kappa shape index (κ1) is 20.5. The Balaban J connectivity index is 1.94. The fourth-order valence-electron chi connectivity index (χ4n) is 5.17. The normalized spacial score (nSPS) is 12.3. The Morgan fingerprint density at radius 2 is 0.818 bits per heavy atom. The van der Waals surface area contributed by atoms with Crippen molar-refractivity contribution in [1.82, 2.24) is 0 Å². The summed E-state index contributed by atoms with van der Waals surface area (Å²) >= 11 is 3.77. The summed E-state index contributed by atoms with van der Waals surface area (Å²) in [5.41, 5.74) is 5.31. The van der Waals surface area contributed by atoms with Crippen LogP contribution in [-0.2, 0) is 0 Å². The van der Waals surface area contributed by atoms with Crippen LogP contribution in [0.2, 0.25) is 0 Å². The second-order valence-corrected chi connectivity index (χ2v) is 12.5. The maximum Gasteiger partial charge on any atom is 0.0181 e. The van der Waals surface area contributed by atoms with Crippen molar-refractivity contribution in [3.05, 3.63) is 149 Å². The van der Waals surface area contributed by atoms with E-state index in [9.17, 15) is 0 Å². The summed E-state index contributed by atoms with van der Waals surface area (Å²) in [7, 11) is 0. The lowest BCUT2D eigenvalue weighted by atomic mass is 10.1. The Bertz CT molecular complexity index is 1400. The predicted molar refractivity (Wildman–Crippen MR) is 148 cm³/mol. The van der Waals surface area contributed by atoms with Gasteiger partial charge in [0.05, 0.1) is 0 Å².